The second kappa shape index (κ2) is 5.65. The maximum atomic E-state index is 13.0. The number of amides is 2. The van der Waals surface area contributed by atoms with Crippen molar-refractivity contribution in [3.63, 3.8) is 0 Å². The van der Waals surface area contributed by atoms with E-state index < -0.39 is 17.4 Å². The van der Waals surface area contributed by atoms with E-state index in [1.807, 2.05) is 13.0 Å². The first-order valence-corrected chi connectivity index (χ1v) is 8.84. The molecule has 2 aromatic heterocycles. The molecule has 5 rings (SSSR count). The van der Waals surface area contributed by atoms with Gasteiger partial charge in [0.15, 0.2) is 5.43 Å². The summed E-state index contributed by atoms with van der Waals surface area (Å²) in [5.74, 6) is -1.48. The van der Waals surface area contributed by atoms with Gasteiger partial charge in [0.1, 0.15) is 5.82 Å². The number of aromatic amines is 1. The zero-order valence-corrected chi connectivity index (χ0v) is 15.2. The van der Waals surface area contributed by atoms with E-state index in [1.54, 1.807) is 30.3 Å². The van der Waals surface area contributed by atoms with Crippen molar-refractivity contribution in [3.05, 3.63) is 79.7 Å². The van der Waals surface area contributed by atoms with Gasteiger partial charge in [-0.05, 0) is 31.2 Å². The molecular weight excluding hydrogens is 372 g/mol. The minimum Gasteiger partial charge on any atom is -0.384 e. The second-order valence-electron chi connectivity index (χ2n) is 6.98. The summed E-state index contributed by atoms with van der Waals surface area (Å²) >= 11 is 0. The Hall–Kier alpha value is -4.20. The molecule has 4 aromatic rings. The largest absolute Gasteiger partial charge is 0.384 e. The maximum absolute atomic E-state index is 13.0. The average Bonchev–Trinajstić information content (AvgIpc) is 2.96. The number of carbonyl (C=O) groups excluding carboxylic acids is 2. The first-order valence-electron chi connectivity index (χ1n) is 8.84. The Bertz CT molecular complexity index is 1530. The maximum Gasteiger partial charge on any atom is 0.262 e. The highest BCUT2D eigenvalue weighted by molar-refractivity contribution is 6.23. The molecule has 142 valence electrons. The summed E-state index contributed by atoms with van der Waals surface area (Å²) in [7, 11) is 0. The fourth-order valence-electron chi connectivity index (χ4n) is 3.81. The number of nitrogens with zero attached hydrogens (tertiary/aromatic N) is 1. The zero-order chi connectivity index (χ0) is 20.4. The standard InChI is InChI=1S/C21H14N4O4/c1-9-5-6-13-11(7-9)18(27)10-3-2-4-14(17(10)23-13)25-15(26)8-12-16(19(25)22)21(29)24-20(12)28/h2-8H,22H2,1H3,(H,23,27)(H,24,28,29). The topological polar surface area (TPSA) is 127 Å². The van der Waals surface area contributed by atoms with Crippen LogP contribution in [0, 0.1) is 6.92 Å². The summed E-state index contributed by atoms with van der Waals surface area (Å²) in [6.45, 7) is 1.90. The molecular formula is C21H14N4O4. The van der Waals surface area contributed by atoms with E-state index in [1.165, 1.54) is 0 Å². The molecule has 0 saturated carbocycles. The SMILES string of the molecule is Cc1ccc2[nH]c3c(-n4c(N)c5c(cc4=O)C(=O)NC5=O)cccc3c(=O)c2c1. The molecule has 1 aliphatic rings. The lowest BCUT2D eigenvalue weighted by Crippen LogP contribution is -2.24. The van der Waals surface area contributed by atoms with Crippen molar-refractivity contribution < 1.29 is 9.59 Å². The van der Waals surface area contributed by atoms with Crippen LogP contribution >= 0.6 is 0 Å². The van der Waals surface area contributed by atoms with Crippen LogP contribution in [0.25, 0.3) is 27.5 Å². The highest BCUT2D eigenvalue weighted by Gasteiger charge is 2.32. The minimum atomic E-state index is -0.661. The van der Waals surface area contributed by atoms with Crippen molar-refractivity contribution in [2.75, 3.05) is 5.73 Å². The molecule has 0 aliphatic carbocycles. The highest BCUT2D eigenvalue weighted by atomic mass is 16.2. The van der Waals surface area contributed by atoms with Gasteiger partial charge in [-0.25, -0.2) is 0 Å². The Kier molecular flexibility index (Phi) is 3.30. The van der Waals surface area contributed by atoms with Crippen LogP contribution in [0.15, 0.2) is 52.1 Å². The predicted molar refractivity (Wildman–Crippen MR) is 109 cm³/mol. The number of aryl methyl sites for hydroxylation is 1. The summed E-state index contributed by atoms with van der Waals surface area (Å²) in [6.07, 6.45) is 0. The number of hydrogen-bond donors (Lipinski definition) is 3. The van der Waals surface area contributed by atoms with Crippen LogP contribution in [0.4, 0.5) is 5.82 Å². The quantitative estimate of drug-likeness (QED) is 0.338. The van der Waals surface area contributed by atoms with Gasteiger partial charge in [0.2, 0.25) is 0 Å². The van der Waals surface area contributed by atoms with E-state index in [0.717, 1.165) is 16.2 Å². The molecule has 0 atom stereocenters. The molecule has 4 N–H and O–H groups in total. The number of nitrogens with two attached hydrogens (primary N) is 1. The third kappa shape index (κ3) is 2.26. The number of para-hydroxylation sites is 1. The molecule has 8 nitrogen and oxygen atoms in total. The van der Waals surface area contributed by atoms with E-state index >= 15 is 0 Å². The minimum absolute atomic E-state index is 0.0506. The number of hydrogen-bond acceptors (Lipinski definition) is 5. The number of nitrogens with one attached hydrogen (secondary N) is 2. The summed E-state index contributed by atoms with van der Waals surface area (Å²) in [6, 6.07) is 11.5. The molecule has 0 saturated heterocycles. The molecule has 0 bridgehead atoms. The van der Waals surface area contributed by atoms with E-state index in [0.29, 0.717) is 27.5 Å². The number of nitrogen functional groups attached to an aromatic ring is 1. The van der Waals surface area contributed by atoms with Gasteiger partial charge < -0.3 is 10.7 Å². The zero-order valence-electron chi connectivity index (χ0n) is 15.2. The van der Waals surface area contributed by atoms with Crippen LogP contribution in [-0.4, -0.2) is 21.4 Å². The summed E-state index contributed by atoms with van der Waals surface area (Å²) in [5, 5.41) is 3.06. The monoisotopic (exact) mass is 386 g/mol. The number of pyridine rings is 2. The summed E-state index contributed by atoms with van der Waals surface area (Å²) < 4.78 is 1.13. The van der Waals surface area contributed by atoms with Gasteiger partial charge >= 0.3 is 0 Å². The van der Waals surface area contributed by atoms with E-state index in [9.17, 15) is 19.2 Å². The molecule has 0 radical (unpaired) electrons. The van der Waals surface area contributed by atoms with Crippen molar-refractivity contribution in [1.29, 1.82) is 0 Å². The Balaban J connectivity index is 1.92. The lowest BCUT2D eigenvalue weighted by molar-refractivity contribution is 0.0880. The number of rotatable bonds is 1. The lowest BCUT2D eigenvalue weighted by Gasteiger charge is -2.14. The molecule has 3 heterocycles. The van der Waals surface area contributed by atoms with Gasteiger partial charge in [0.05, 0.1) is 22.3 Å². The van der Waals surface area contributed by atoms with E-state index in [2.05, 4.69) is 10.3 Å². The molecule has 0 unspecified atom stereocenters. The first kappa shape index (κ1) is 16.9. The Morgan fingerprint density at radius 3 is 2.52 bits per heavy atom. The third-order valence-electron chi connectivity index (χ3n) is 5.16. The Labute approximate surface area is 162 Å². The van der Waals surface area contributed by atoms with E-state index in [-0.39, 0.29) is 22.4 Å². The van der Waals surface area contributed by atoms with Gasteiger partial charge in [-0.2, -0.15) is 0 Å². The number of benzene rings is 2. The Morgan fingerprint density at radius 2 is 1.72 bits per heavy atom. The van der Waals surface area contributed by atoms with Gasteiger partial charge in [0, 0.05) is 22.4 Å². The predicted octanol–water partition coefficient (Wildman–Crippen LogP) is 1.61. The van der Waals surface area contributed by atoms with Crippen LogP contribution in [0.1, 0.15) is 26.3 Å². The number of H-pyrrole nitrogens is 1. The lowest BCUT2D eigenvalue weighted by atomic mass is 10.1. The number of carbonyl (C=O) groups is 2. The molecule has 1 aliphatic heterocycles. The van der Waals surface area contributed by atoms with E-state index in [4.69, 9.17) is 5.73 Å². The number of anilines is 1. The average molecular weight is 386 g/mol. The fraction of sp³-hybridized carbons (Fsp3) is 0.0476. The van der Waals surface area contributed by atoms with Crippen molar-refractivity contribution in [2.45, 2.75) is 6.92 Å². The van der Waals surface area contributed by atoms with Crippen LogP contribution in [0.5, 0.6) is 0 Å². The first-order chi connectivity index (χ1) is 13.9. The van der Waals surface area contributed by atoms with Crippen molar-refractivity contribution in [3.8, 4) is 5.69 Å². The molecule has 29 heavy (non-hydrogen) atoms. The number of imide groups is 1. The summed E-state index contributed by atoms with van der Waals surface area (Å²) in [4.78, 5) is 53.0. The van der Waals surface area contributed by atoms with Crippen LogP contribution < -0.4 is 22.0 Å². The molecule has 8 heteroatoms. The van der Waals surface area contributed by atoms with Crippen molar-refractivity contribution in [2.24, 2.45) is 0 Å². The smallest absolute Gasteiger partial charge is 0.262 e. The third-order valence-corrected chi connectivity index (χ3v) is 5.16. The Morgan fingerprint density at radius 1 is 0.931 bits per heavy atom. The van der Waals surface area contributed by atoms with Gasteiger partial charge in [0.25, 0.3) is 17.4 Å². The molecule has 0 fully saturated rings. The number of aromatic nitrogens is 2. The van der Waals surface area contributed by atoms with Crippen LogP contribution in [0.3, 0.4) is 0 Å². The van der Waals surface area contributed by atoms with Crippen LogP contribution in [0.2, 0.25) is 0 Å². The normalized spacial score (nSPS) is 13.1. The van der Waals surface area contributed by atoms with Crippen LogP contribution in [-0.2, 0) is 0 Å². The second-order valence-corrected chi connectivity index (χ2v) is 6.98. The van der Waals surface area contributed by atoms with Crippen molar-refractivity contribution >= 4 is 39.4 Å². The molecule has 0 spiro atoms. The van der Waals surface area contributed by atoms with Gasteiger partial charge in [-0.3, -0.25) is 29.1 Å². The molecule has 2 aromatic carbocycles. The molecule has 2 amide bonds. The summed E-state index contributed by atoms with van der Waals surface area (Å²) in [5.41, 5.74) is 7.57. The number of fused-ring (bicyclic) bond motifs is 3. The highest BCUT2D eigenvalue weighted by Crippen LogP contribution is 2.26. The van der Waals surface area contributed by atoms with Crippen molar-refractivity contribution in [1.82, 2.24) is 14.9 Å². The fourth-order valence-corrected chi connectivity index (χ4v) is 3.81. The van der Waals surface area contributed by atoms with Gasteiger partial charge in [-0.15, -0.1) is 0 Å². The van der Waals surface area contributed by atoms with Gasteiger partial charge in [-0.1, -0.05) is 17.7 Å².